The minimum Gasteiger partial charge on any atom is -0.480 e. The molecular weight excluding hydrogens is 318 g/mol. The third kappa shape index (κ3) is 3.00. The van der Waals surface area contributed by atoms with E-state index in [1.54, 1.807) is 0 Å². The monoisotopic (exact) mass is 337 g/mol. The molecular formula is C16H20BrNO2. The summed E-state index contributed by atoms with van der Waals surface area (Å²) < 4.78 is 5.75. The molecule has 1 saturated carbocycles. The molecule has 0 bridgehead atoms. The van der Waals surface area contributed by atoms with Crippen LogP contribution in [-0.4, -0.2) is 22.9 Å². The maximum atomic E-state index is 12.4. The maximum absolute atomic E-state index is 12.4. The number of ether oxygens (including phenoxy) is 1. The van der Waals surface area contributed by atoms with Crippen molar-refractivity contribution in [1.29, 1.82) is 0 Å². The van der Waals surface area contributed by atoms with E-state index in [0.29, 0.717) is 11.2 Å². The minimum absolute atomic E-state index is 0.0255. The van der Waals surface area contributed by atoms with Crippen molar-refractivity contribution in [2.75, 3.05) is 0 Å². The number of hydrogen-bond donors (Lipinski definition) is 1. The van der Waals surface area contributed by atoms with E-state index >= 15 is 0 Å². The fourth-order valence-electron chi connectivity index (χ4n) is 3.03. The normalized spacial score (nSPS) is 29.1. The standard InChI is InChI=1S/C16H20BrNO2/c17-12-7-2-1-3-8-13(12)18-16(19)15-10-11-6-4-5-9-14(11)20-15/h4-6,9,12-13,15H,1-3,7-8,10H2,(H,18,19). The Labute approximate surface area is 128 Å². The number of para-hydroxylation sites is 1. The third-order valence-electron chi connectivity index (χ3n) is 4.20. The van der Waals surface area contributed by atoms with Gasteiger partial charge >= 0.3 is 0 Å². The zero-order valence-electron chi connectivity index (χ0n) is 11.5. The second-order valence-corrected chi connectivity index (χ2v) is 6.86. The van der Waals surface area contributed by atoms with Crippen LogP contribution in [0.1, 0.15) is 37.7 Å². The number of carbonyl (C=O) groups excluding carboxylic acids is 1. The summed E-state index contributed by atoms with van der Waals surface area (Å²) in [5, 5.41) is 3.17. The van der Waals surface area contributed by atoms with Crippen molar-refractivity contribution in [1.82, 2.24) is 5.32 Å². The smallest absolute Gasteiger partial charge is 0.261 e. The molecule has 1 aliphatic carbocycles. The van der Waals surface area contributed by atoms with Crippen LogP contribution in [0.3, 0.4) is 0 Å². The van der Waals surface area contributed by atoms with Crippen molar-refractivity contribution >= 4 is 21.8 Å². The molecule has 2 aliphatic rings. The highest BCUT2D eigenvalue weighted by Gasteiger charge is 2.31. The van der Waals surface area contributed by atoms with E-state index in [4.69, 9.17) is 4.74 Å². The molecule has 1 aromatic rings. The van der Waals surface area contributed by atoms with Crippen LogP contribution in [0.2, 0.25) is 0 Å². The summed E-state index contributed by atoms with van der Waals surface area (Å²) in [4.78, 5) is 12.8. The first kappa shape index (κ1) is 13.9. The summed E-state index contributed by atoms with van der Waals surface area (Å²) in [5.41, 5.74) is 1.13. The Morgan fingerprint density at radius 2 is 2.00 bits per heavy atom. The lowest BCUT2D eigenvalue weighted by Crippen LogP contribution is -2.46. The van der Waals surface area contributed by atoms with Crippen LogP contribution in [0.15, 0.2) is 24.3 Å². The molecule has 1 amide bonds. The van der Waals surface area contributed by atoms with Crippen molar-refractivity contribution in [2.24, 2.45) is 0 Å². The molecule has 108 valence electrons. The molecule has 0 radical (unpaired) electrons. The molecule has 3 atom stereocenters. The van der Waals surface area contributed by atoms with Gasteiger partial charge in [-0.05, 0) is 24.5 Å². The quantitative estimate of drug-likeness (QED) is 0.664. The number of benzene rings is 1. The second kappa shape index (κ2) is 6.17. The first-order valence-electron chi connectivity index (χ1n) is 7.43. The highest BCUT2D eigenvalue weighted by Crippen LogP contribution is 2.29. The molecule has 3 unspecified atom stereocenters. The molecule has 1 N–H and O–H groups in total. The molecule has 3 rings (SSSR count). The van der Waals surface area contributed by atoms with Crippen LogP contribution in [0.5, 0.6) is 5.75 Å². The Hall–Kier alpha value is -1.03. The van der Waals surface area contributed by atoms with E-state index in [1.165, 1.54) is 19.3 Å². The van der Waals surface area contributed by atoms with Crippen molar-refractivity contribution in [2.45, 2.75) is 55.5 Å². The van der Waals surface area contributed by atoms with Gasteiger partial charge in [-0.2, -0.15) is 0 Å². The average Bonchev–Trinajstić information content (AvgIpc) is 2.79. The summed E-state index contributed by atoms with van der Waals surface area (Å²) in [6.45, 7) is 0. The molecule has 0 saturated heterocycles. The van der Waals surface area contributed by atoms with E-state index in [1.807, 2.05) is 24.3 Å². The highest BCUT2D eigenvalue weighted by molar-refractivity contribution is 9.09. The summed E-state index contributed by atoms with van der Waals surface area (Å²) in [5.74, 6) is 0.876. The molecule has 20 heavy (non-hydrogen) atoms. The lowest BCUT2D eigenvalue weighted by Gasteiger charge is -2.23. The largest absolute Gasteiger partial charge is 0.480 e. The summed E-state index contributed by atoms with van der Waals surface area (Å²) in [6.07, 6.45) is 6.21. The van der Waals surface area contributed by atoms with Crippen LogP contribution in [0.4, 0.5) is 0 Å². The van der Waals surface area contributed by atoms with Gasteiger partial charge < -0.3 is 10.1 Å². The lowest BCUT2D eigenvalue weighted by atomic mass is 10.1. The summed E-state index contributed by atoms with van der Waals surface area (Å²) >= 11 is 3.71. The van der Waals surface area contributed by atoms with Gasteiger partial charge in [0.15, 0.2) is 6.10 Å². The van der Waals surface area contributed by atoms with Crippen LogP contribution in [-0.2, 0) is 11.2 Å². The Morgan fingerprint density at radius 1 is 1.20 bits per heavy atom. The number of hydrogen-bond acceptors (Lipinski definition) is 2. The fourth-order valence-corrected chi connectivity index (χ4v) is 3.75. The van der Waals surface area contributed by atoms with Gasteiger partial charge in [0.05, 0.1) is 0 Å². The maximum Gasteiger partial charge on any atom is 0.261 e. The Bertz CT molecular complexity index is 466. The number of nitrogens with one attached hydrogen (secondary N) is 1. The van der Waals surface area contributed by atoms with Crippen LogP contribution in [0, 0.1) is 0 Å². The van der Waals surface area contributed by atoms with E-state index in [9.17, 15) is 4.79 Å². The van der Waals surface area contributed by atoms with Crippen molar-refractivity contribution in [3.8, 4) is 5.75 Å². The first-order valence-corrected chi connectivity index (χ1v) is 8.34. The Balaban J connectivity index is 1.60. The summed E-state index contributed by atoms with van der Waals surface area (Å²) in [7, 11) is 0. The average molecular weight is 338 g/mol. The molecule has 0 spiro atoms. The van der Waals surface area contributed by atoms with Gasteiger partial charge in [-0.15, -0.1) is 0 Å². The molecule has 3 nitrogen and oxygen atoms in total. The Morgan fingerprint density at radius 3 is 2.85 bits per heavy atom. The first-order chi connectivity index (χ1) is 9.74. The topological polar surface area (TPSA) is 38.3 Å². The Kier molecular flexibility index (Phi) is 4.29. The zero-order valence-corrected chi connectivity index (χ0v) is 13.1. The zero-order chi connectivity index (χ0) is 13.9. The molecule has 1 heterocycles. The number of fused-ring (bicyclic) bond motifs is 1. The van der Waals surface area contributed by atoms with Gasteiger partial charge in [0, 0.05) is 17.3 Å². The number of halogens is 1. The molecule has 1 aromatic carbocycles. The van der Waals surface area contributed by atoms with Crippen LogP contribution in [0.25, 0.3) is 0 Å². The van der Waals surface area contributed by atoms with Crippen molar-refractivity contribution in [3.63, 3.8) is 0 Å². The molecule has 1 fully saturated rings. The van der Waals surface area contributed by atoms with Crippen LogP contribution < -0.4 is 10.1 Å². The van der Waals surface area contributed by atoms with E-state index < -0.39 is 0 Å². The number of carbonyl (C=O) groups is 1. The fraction of sp³-hybridized carbons (Fsp3) is 0.562. The molecule has 4 heteroatoms. The van der Waals surface area contributed by atoms with E-state index in [2.05, 4.69) is 21.2 Å². The van der Waals surface area contributed by atoms with Crippen LogP contribution >= 0.6 is 15.9 Å². The highest BCUT2D eigenvalue weighted by atomic mass is 79.9. The van der Waals surface area contributed by atoms with E-state index in [-0.39, 0.29) is 18.1 Å². The summed E-state index contributed by atoms with van der Waals surface area (Å²) in [6, 6.07) is 8.13. The SMILES string of the molecule is O=C(NC1CCCCCC1Br)C1Cc2ccccc2O1. The lowest BCUT2D eigenvalue weighted by molar-refractivity contribution is -0.128. The second-order valence-electron chi connectivity index (χ2n) is 5.69. The number of amides is 1. The number of alkyl halides is 1. The predicted molar refractivity (Wildman–Crippen MR) is 82.3 cm³/mol. The third-order valence-corrected chi connectivity index (χ3v) is 5.29. The van der Waals surface area contributed by atoms with E-state index in [0.717, 1.165) is 24.2 Å². The number of rotatable bonds is 2. The van der Waals surface area contributed by atoms with Gasteiger partial charge in [-0.1, -0.05) is 53.4 Å². The van der Waals surface area contributed by atoms with Gasteiger partial charge in [0.25, 0.3) is 5.91 Å². The van der Waals surface area contributed by atoms with Gasteiger partial charge in [-0.3, -0.25) is 4.79 Å². The molecule has 0 aromatic heterocycles. The molecule has 1 aliphatic heterocycles. The van der Waals surface area contributed by atoms with Gasteiger partial charge in [0.1, 0.15) is 5.75 Å². The minimum atomic E-state index is -0.365. The van der Waals surface area contributed by atoms with Crippen molar-refractivity contribution in [3.05, 3.63) is 29.8 Å². The van der Waals surface area contributed by atoms with Gasteiger partial charge in [0.2, 0.25) is 0 Å². The predicted octanol–water partition coefficient (Wildman–Crippen LogP) is 3.20. The van der Waals surface area contributed by atoms with Gasteiger partial charge in [-0.25, -0.2) is 0 Å². The van der Waals surface area contributed by atoms with Crippen molar-refractivity contribution < 1.29 is 9.53 Å².